The van der Waals surface area contributed by atoms with Crippen molar-refractivity contribution in [3.8, 4) is 0 Å². The second kappa shape index (κ2) is 5.73. The first kappa shape index (κ1) is 14.7. The molecule has 2 heterocycles. The molecule has 1 unspecified atom stereocenters. The van der Waals surface area contributed by atoms with Crippen LogP contribution in [-0.2, 0) is 0 Å². The second-order valence-corrected chi connectivity index (χ2v) is 4.76. The van der Waals surface area contributed by atoms with Gasteiger partial charge in [-0.1, -0.05) is 13.8 Å². The average Bonchev–Trinajstić information content (AvgIpc) is 3.07. The lowest BCUT2D eigenvalue weighted by Gasteiger charge is -2.09. The molecule has 0 spiro atoms. The molecular formula is C12H15N5O4. The first-order chi connectivity index (χ1) is 9.90. The van der Waals surface area contributed by atoms with Gasteiger partial charge in [0.1, 0.15) is 6.04 Å². The van der Waals surface area contributed by atoms with Crippen LogP contribution in [0.1, 0.15) is 65.5 Å². The molecule has 1 amide bonds. The van der Waals surface area contributed by atoms with Crippen molar-refractivity contribution < 1.29 is 19.1 Å². The van der Waals surface area contributed by atoms with Gasteiger partial charge in [0.2, 0.25) is 11.8 Å². The third kappa shape index (κ3) is 3.07. The molecule has 0 aliphatic rings. The monoisotopic (exact) mass is 293 g/mol. The molecule has 9 heteroatoms. The van der Waals surface area contributed by atoms with Crippen LogP contribution < -0.4 is 5.32 Å². The number of aromatic nitrogens is 4. The van der Waals surface area contributed by atoms with Crippen LogP contribution in [0.15, 0.2) is 10.7 Å². The number of imidazole rings is 1. The number of amides is 1. The second-order valence-electron chi connectivity index (χ2n) is 4.76. The van der Waals surface area contributed by atoms with Crippen LogP contribution in [0, 0.1) is 0 Å². The van der Waals surface area contributed by atoms with E-state index in [0.717, 1.165) is 6.33 Å². The number of nitrogens with zero attached hydrogens (tertiary/aromatic N) is 3. The number of carbonyl (C=O) groups excluding carboxylic acids is 1. The van der Waals surface area contributed by atoms with Gasteiger partial charge in [0, 0.05) is 5.92 Å². The minimum absolute atomic E-state index is 0.0825. The summed E-state index contributed by atoms with van der Waals surface area (Å²) >= 11 is 0. The van der Waals surface area contributed by atoms with Crippen molar-refractivity contribution in [3.63, 3.8) is 0 Å². The zero-order valence-electron chi connectivity index (χ0n) is 11.7. The number of aromatic carboxylic acids is 1. The normalized spacial score (nSPS) is 12.4. The third-order valence-electron chi connectivity index (χ3n) is 2.74. The van der Waals surface area contributed by atoms with E-state index in [9.17, 15) is 9.59 Å². The number of rotatable bonds is 5. The molecule has 0 saturated carbocycles. The van der Waals surface area contributed by atoms with Gasteiger partial charge < -0.3 is 19.8 Å². The Morgan fingerprint density at radius 1 is 1.29 bits per heavy atom. The fourth-order valence-electron chi connectivity index (χ4n) is 1.61. The van der Waals surface area contributed by atoms with Gasteiger partial charge in [0.15, 0.2) is 11.4 Å². The fraction of sp³-hybridized carbons (Fsp3) is 0.417. The van der Waals surface area contributed by atoms with Gasteiger partial charge in [0.05, 0.1) is 6.33 Å². The Morgan fingerprint density at radius 3 is 2.52 bits per heavy atom. The predicted molar refractivity (Wildman–Crippen MR) is 69.8 cm³/mol. The number of carboxylic acid groups (broad SMARTS) is 1. The van der Waals surface area contributed by atoms with Crippen molar-refractivity contribution in [1.29, 1.82) is 0 Å². The lowest BCUT2D eigenvalue weighted by molar-refractivity contribution is 0.0684. The summed E-state index contributed by atoms with van der Waals surface area (Å²) < 4.78 is 5.42. The summed E-state index contributed by atoms with van der Waals surface area (Å²) in [5.41, 5.74) is -0.467. The molecular weight excluding hydrogens is 278 g/mol. The molecule has 21 heavy (non-hydrogen) atoms. The lowest BCUT2D eigenvalue weighted by Crippen LogP contribution is -2.28. The molecule has 2 rings (SSSR count). The number of carboxylic acids is 1. The van der Waals surface area contributed by atoms with Gasteiger partial charge in [-0.15, -0.1) is 10.2 Å². The Balaban J connectivity index is 2.11. The van der Waals surface area contributed by atoms with Crippen LogP contribution in [0.5, 0.6) is 0 Å². The van der Waals surface area contributed by atoms with Crippen molar-refractivity contribution in [2.24, 2.45) is 0 Å². The van der Waals surface area contributed by atoms with Crippen molar-refractivity contribution in [2.45, 2.75) is 32.7 Å². The van der Waals surface area contributed by atoms with E-state index in [1.807, 2.05) is 13.8 Å². The van der Waals surface area contributed by atoms with E-state index in [1.54, 1.807) is 6.92 Å². The minimum atomic E-state index is -1.26. The summed E-state index contributed by atoms with van der Waals surface area (Å²) in [5, 5.41) is 19.2. The summed E-state index contributed by atoms with van der Waals surface area (Å²) in [4.78, 5) is 29.0. The average molecular weight is 293 g/mol. The fourth-order valence-corrected chi connectivity index (χ4v) is 1.61. The number of carbonyl (C=O) groups is 2. The lowest BCUT2D eigenvalue weighted by atomic mass is 10.2. The SMILES string of the molecule is CC(C)c1nnc(C(C)NC(=O)c2nc[nH]c2C(=O)O)o1. The molecule has 2 aromatic rings. The highest BCUT2D eigenvalue weighted by Gasteiger charge is 2.23. The number of H-pyrrole nitrogens is 1. The zero-order valence-corrected chi connectivity index (χ0v) is 11.7. The van der Waals surface area contributed by atoms with Crippen LogP contribution in [-0.4, -0.2) is 37.1 Å². The Morgan fingerprint density at radius 2 is 1.95 bits per heavy atom. The summed E-state index contributed by atoms with van der Waals surface area (Å²) in [6.45, 7) is 5.47. The van der Waals surface area contributed by atoms with Gasteiger partial charge in [-0.25, -0.2) is 9.78 Å². The molecule has 1 atom stereocenters. The van der Waals surface area contributed by atoms with E-state index in [1.165, 1.54) is 0 Å². The summed E-state index contributed by atoms with van der Waals surface area (Å²) in [5.74, 6) is -1.09. The van der Waals surface area contributed by atoms with Gasteiger partial charge in [-0.2, -0.15) is 0 Å². The number of nitrogens with one attached hydrogen (secondary N) is 2. The van der Waals surface area contributed by atoms with Gasteiger partial charge in [-0.3, -0.25) is 4.79 Å². The Labute approximate surface area is 119 Å². The van der Waals surface area contributed by atoms with E-state index < -0.39 is 17.9 Å². The molecule has 0 saturated heterocycles. The van der Waals surface area contributed by atoms with Crippen molar-refractivity contribution >= 4 is 11.9 Å². The summed E-state index contributed by atoms with van der Waals surface area (Å²) in [6.07, 6.45) is 1.15. The van der Waals surface area contributed by atoms with Crippen LogP contribution in [0.3, 0.4) is 0 Å². The zero-order chi connectivity index (χ0) is 15.6. The molecule has 0 bridgehead atoms. The number of aromatic amines is 1. The van der Waals surface area contributed by atoms with E-state index in [0.29, 0.717) is 5.89 Å². The van der Waals surface area contributed by atoms with Crippen molar-refractivity contribution in [2.75, 3.05) is 0 Å². The van der Waals surface area contributed by atoms with E-state index in [2.05, 4.69) is 25.5 Å². The Hall–Kier alpha value is -2.71. The smallest absolute Gasteiger partial charge is 0.354 e. The van der Waals surface area contributed by atoms with E-state index in [4.69, 9.17) is 9.52 Å². The molecule has 0 fully saturated rings. The number of hydrogen-bond acceptors (Lipinski definition) is 6. The van der Waals surface area contributed by atoms with Crippen molar-refractivity contribution in [1.82, 2.24) is 25.5 Å². The highest BCUT2D eigenvalue weighted by Crippen LogP contribution is 2.17. The molecule has 0 aliphatic heterocycles. The highest BCUT2D eigenvalue weighted by atomic mass is 16.4. The Bertz CT molecular complexity index is 660. The molecule has 9 nitrogen and oxygen atoms in total. The molecule has 0 radical (unpaired) electrons. The standard InChI is InChI=1S/C12H15N5O4/c1-5(2)10-16-17-11(21-10)6(3)15-9(18)7-8(12(19)20)14-4-13-7/h4-6H,1-3H3,(H,13,14)(H,15,18)(H,19,20). The molecule has 112 valence electrons. The molecule has 0 aromatic carbocycles. The van der Waals surface area contributed by atoms with E-state index >= 15 is 0 Å². The summed E-state index contributed by atoms with van der Waals surface area (Å²) in [7, 11) is 0. The largest absolute Gasteiger partial charge is 0.477 e. The quantitative estimate of drug-likeness (QED) is 0.751. The molecule has 3 N–H and O–H groups in total. The van der Waals surface area contributed by atoms with Crippen LogP contribution in [0.4, 0.5) is 0 Å². The maximum absolute atomic E-state index is 12.0. The van der Waals surface area contributed by atoms with Crippen molar-refractivity contribution in [3.05, 3.63) is 29.5 Å². The van der Waals surface area contributed by atoms with Gasteiger partial charge >= 0.3 is 5.97 Å². The highest BCUT2D eigenvalue weighted by molar-refractivity contribution is 6.02. The number of hydrogen-bond donors (Lipinski definition) is 3. The summed E-state index contributed by atoms with van der Waals surface area (Å²) in [6, 6.07) is -0.559. The predicted octanol–water partition coefficient (Wildman–Crippen LogP) is 1.11. The third-order valence-corrected chi connectivity index (χ3v) is 2.74. The topological polar surface area (TPSA) is 134 Å². The minimum Gasteiger partial charge on any atom is -0.477 e. The van der Waals surface area contributed by atoms with Gasteiger partial charge in [-0.05, 0) is 6.92 Å². The van der Waals surface area contributed by atoms with Crippen LogP contribution >= 0.6 is 0 Å². The van der Waals surface area contributed by atoms with Gasteiger partial charge in [0.25, 0.3) is 5.91 Å². The Kier molecular flexibility index (Phi) is 4.01. The molecule has 0 aliphatic carbocycles. The molecule has 2 aromatic heterocycles. The maximum Gasteiger partial charge on any atom is 0.354 e. The van der Waals surface area contributed by atoms with Crippen LogP contribution in [0.25, 0.3) is 0 Å². The van der Waals surface area contributed by atoms with E-state index in [-0.39, 0.29) is 23.2 Å². The first-order valence-corrected chi connectivity index (χ1v) is 6.31. The first-order valence-electron chi connectivity index (χ1n) is 6.31. The maximum atomic E-state index is 12.0. The van der Waals surface area contributed by atoms with Crippen LogP contribution in [0.2, 0.25) is 0 Å².